The first-order valence-electron chi connectivity index (χ1n) is 7.97. The summed E-state index contributed by atoms with van der Waals surface area (Å²) in [7, 11) is 0. The Morgan fingerprint density at radius 1 is 1.00 bits per heavy atom. The zero-order chi connectivity index (χ0) is 16.1. The van der Waals surface area contributed by atoms with Crippen LogP contribution >= 0.6 is 0 Å². The predicted molar refractivity (Wildman–Crippen MR) is 87.9 cm³/mol. The summed E-state index contributed by atoms with van der Waals surface area (Å²) in [6, 6.07) is 21.4. The highest BCUT2D eigenvalue weighted by molar-refractivity contribution is 5.89. The van der Waals surface area contributed by atoms with Crippen LogP contribution in [0.5, 0.6) is 0 Å². The lowest BCUT2D eigenvalue weighted by Crippen LogP contribution is -2.37. The highest BCUT2D eigenvalue weighted by Gasteiger charge is 2.39. The number of nitriles is 1. The van der Waals surface area contributed by atoms with Gasteiger partial charge in [-0.3, -0.25) is 0 Å². The lowest BCUT2D eigenvalue weighted by atomic mass is 9.76. The SMILES string of the molecule is N#CC1(OC(=O)c2ccccc2)CCC(c2ccccc2)CC1. The van der Waals surface area contributed by atoms with E-state index in [9.17, 15) is 10.1 Å². The lowest BCUT2D eigenvalue weighted by molar-refractivity contribution is -0.00999. The summed E-state index contributed by atoms with van der Waals surface area (Å²) < 4.78 is 5.60. The summed E-state index contributed by atoms with van der Waals surface area (Å²) in [6.45, 7) is 0. The van der Waals surface area contributed by atoms with E-state index >= 15 is 0 Å². The summed E-state index contributed by atoms with van der Waals surface area (Å²) in [4.78, 5) is 12.3. The number of hydrogen-bond donors (Lipinski definition) is 0. The summed E-state index contributed by atoms with van der Waals surface area (Å²) in [5, 5.41) is 9.57. The van der Waals surface area contributed by atoms with Crippen molar-refractivity contribution < 1.29 is 9.53 Å². The Hall–Kier alpha value is -2.60. The molecule has 0 unspecified atom stereocenters. The summed E-state index contributed by atoms with van der Waals surface area (Å²) in [5.74, 6) is 0.0263. The van der Waals surface area contributed by atoms with Crippen molar-refractivity contribution in [3.8, 4) is 6.07 Å². The third-order valence-electron chi connectivity index (χ3n) is 4.57. The summed E-state index contributed by atoms with van der Waals surface area (Å²) in [6.07, 6.45) is 2.89. The largest absolute Gasteiger partial charge is 0.440 e. The van der Waals surface area contributed by atoms with Crippen LogP contribution in [0.25, 0.3) is 0 Å². The number of esters is 1. The van der Waals surface area contributed by atoms with E-state index in [-0.39, 0.29) is 0 Å². The fraction of sp³-hybridized carbons (Fsp3) is 0.300. The number of carbonyl (C=O) groups excluding carboxylic acids is 1. The van der Waals surface area contributed by atoms with E-state index in [1.165, 1.54) is 5.56 Å². The monoisotopic (exact) mass is 305 g/mol. The Labute approximate surface area is 136 Å². The maximum absolute atomic E-state index is 12.3. The third kappa shape index (κ3) is 3.43. The van der Waals surface area contributed by atoms with E-state index in [1.807, 2.05) is 24.3 Å². The topological polar surface area (TPSA) is 50.1 Å². The van der Waals surface area contributed by atoms with Gasteiger partial charge in [0, 0.05) is 12.8 Å². The highest BCUT2D eigenvalue weighted by Crippen LogP contribution is 2.40. The molecule has 1 aliphatic rings. The van der Waals surface area contributed by atoms with Crippen LogP contribution in [0.1, 0.15) is 47.5 Å². The van der Waals surface area contributed by atoms with Crippen LogP contribution in [0.3, 0.4) is 0 Å². The van der Waals surface area contributed by atoms with Gasteiger partial charge in [-0.1, -0.05) is 48.5 Å². The minimum absolute atomic E-state index is 0.412. The number of ether oxygens (including phenoxy) is 1. The van der Waals surface area contributed by atoms with E-state index in [2.05, 4.69) is 18.2 Å². The standard InChI is InChI=1S/C20H19NO2/c21-15-20(23-19(22)18-9-5-2-6-10-18)13-11-17(12-14-20)16-7-3-1-4-8-16/h1-10,17H,11-14H2. The molecule has 1 saturated carbocycles. The first-order chi connectivity index (χ1) is 11.2. The molecule has 23 heavy (non-hydrogen) atoms. The molecule has 116 valence electrons. The van der Waals surface area contributed by atoms with Crippen molar-refractivity contribution in [3.05, 3.63) is 71.8 Å². The van der Waals surface area contributed by atoms with Crippen molar-refractivity contribution in [3.63, 3.8) is 0 Å². The van der Waals surface area contributed by atoms with Crippen LogP contribution in [-0.2, 0) is 4.74 Å². The van der Waals surface area contributed by atoms with Crippen LogP contribution < -0.4 is 0 Å². The number of carbonyl (C=O) groups is 1. The number of rotatable bonds is 3. The van der Waals surface area contributed by atoms with Gasteiger partial charge < -0.3 is 4.74 Å². The average Bonchev–Trinajstić information content (AvgIpc) is 2.64. The number of nitrogens with zero attached hydrogens (tertiary/aromatic N) is 1. The molecule has 0 amide bonds. The van der Waals surface area contributed by atoms with E-state index in [0.29, 0.717) is 24.3 Å². The molecule has 3 nitrogen and oxygen atoms in total. The smallest absolute Gasteiger partial charge is 0.339 e. The summed E-state index contributed by atoms with van der Waals surface area (Å²) >= 11 is 0. The van der Waals surface area contributed by atoms with Gasteiger partial charge >= 0.3 is 5.97 Å². The van der Waals surface area contributed by atoms with Gasteiger partial charge in [0.2, 0.25) is 0 Å². The van der Waals surface area contributed by atoms with Crippen LogP contribution in [0.4, 0.5) is 0 Å². The van der Waals surface area contributed by atoms with Gasteiger partial charge in [-0.15, -0.1) is 0 Å². The van der Waals surface area contributed by atoms with Crippen LogP contribution in [0.2, 0.25) is 0 Å². The number of hydrogen-bond acceptors (Lipinski definition) is 3. The fourth-order valence-electron chi connectivity index (χ4n) is 3.19. The molecule has 2 aromatic carbocycles. The van der Waals surface area contributed by atoms with E-state index in [4.69, 9.17) is 4.74 Å². The minimum Gasteiger partial charge on any atom is -0.440 e. The molecule has 0 bridgehead atoms. The Morgan fingerprint density at radius 3 is 2.13 bits per heavy atom. The fourth-order valence-corrected chi connectivity index (χ4v) is 3.19. The van der Waals surface area contributed by atoms with Crippen molar-refractivity contribution in [1.29, 1.82) is 5.26 Å². The molecule has 1 fully saturated rings. The second kappa shape index (κ2) is 6.66. The maximum Gasteiger partial charge on any atom is 0.339 e. The second-order valence-corrected chi connectivity index (χ2v) is 6.05. The number of benzene rings is 2. The van der Waals surface area contributed by atoms with Gasteiger partial charge in [0.15, 0.2) is 5.60 Å². The first-order valence-corrected chi connectivity index (χ1v) is 7.97. The molecular formula is C20H19NO2. The van der Waals surface area contributed by atoms with E-state index in [1.54, 1.807) is 24.3 Å². The lowest BCUT2D eigenvalue weighted by Gasteiger charge is -2.34. The molecule has 0 heterocycles. The van der Waals surface area contributed by atoms with Crippen molar-refractivity contribution in [2.24, 2.45) is 0 Å². The molecule has 1 aliphatic carbocycles. The highest BCUT2D eigenvalue weighted by atomic mass is 16.6. The zero-order valence-electron chi connectivity index (χ0n) is 12.9. The van der Waals surface area contributed by atoms with Gasteiger partial charge in [0.05, 0.1) is 5.56 Å². The predicted octanol–water partition coefficient (Wildman–Crippen LogP) is 4.46. The molecule has 2 aromatic rings. The molecule has 0 aliphatic heterocycles. The molecule has 0 atom stereocenters. The molecule has 0 radical (unpaired) electrons. The molecule has 0 aromatic heterocycles. The third-order valence-corrected chi connectivity index (χ3v) is 4.57. The van der Waals surface area contributed by atoms with Crippen LogP contribution in [0, 0.1) is 11.3 Å². The van der Waals surface area contributed by atoms with Crippen molar-refractivity contribution in [1.82, 2.24) is 0 Å². The maximum atomic E-state index is 12.3. The Balaban J connectivity index is 1.67. The molecule has 3 rings (SSSR count). The molecule has 0 spiro atoms. The van der Waals surface area contributed by atoms with Crippen molar-refractivity contribution in [2.45, 2.75) is 37.2 Å². The van der Waals surface area contributed by atoms with Gasteiger partial charge in [0.1, 0.15) is 6.07 Å². The van der Waals surface area contributed by atoms with Crippen LogP contribution in [-0.4, -0.2) is 11.6 Å². The van der Waals surface area contributed by atoms with Gasteiger partial charge in [-0.05, 0) is 36.5 Å². The molecule has 0 N–H and O–H groups in total. The van der Waals surface area contributed by atoms with Gasteiger partial charge in [-0.2, -0.15) is 5.26 Å². The van der Waals surface area contributed by atoms with E-state index < -0.39 is 11.6 Å². The minimum atomic E-state index is -0.988. The van der Waals surface area contributed by atoms with Crippen molar-refractivity contribution in [2.75, 3.05) is 0 Å². The van der Waals surface area contributed by atoms with Crippen molar-refractivity contribution >= 4 is 5.97 Å². The molecule has 3 heteroatoms. The Kier molecular flexibility index (Phi) is 4.43. The van der Waals surface area contributed by atoms with Gasteiger partial charge in [-0.25, -0.2) is 4.79 Å². The normalized spacial score (nSPS) is 23.7. The quantitative estimate of drug-likeness (QED) is 0.786. The first kappa shape index (κ1) is 15.3. The Morgan fingerprint density at radius 2 is 1.57 bits per heavy atom. The van der Waals surface area contributed by atoms with E-state index in [0.717, 1.165) is 12.8 Å². The van der Waals surface area contributed by atoms with Crippen LogP contribution in [0.15, 0.2) is 60.7 Å². The summed E-state index contributed by atoms with van der Waals surface area (Å²) in [5.41, 5.74) is 0.804. The average molecular weight is 305 g/mol. The zero-order valence-corrected chi connectivity index (χ0v) is 12.9. The van der Waals surface area contributed by atoms with Gasteiger partial charge in [0.25, 0.3) is 0 Å². The second-order valence-electron chi connectivity index (χ2n) is 6.05. The Bertz CT molecular complexity index is 695. The molecular weight excluding hydrogens is 286 g/mol. The molecule has 0 saturated heterocycles.